The van der Waals surface area contributed by atoms with Crippen LogP contribution >= 0.6 is 38.5 Å². The maximum Gasteiger partial charge on any atom is 0.237 e. The predicted molar refractivity (Wildman–Crippen MR) is 84.8 cm³/mol. The summed E-state index contributed by atoms with van der Waals surface area (Å²) in [6, 6.07) is 5.61. The number of amides is 2. The second-order valence-electron chi connectivity index (χ2n) is 5.11. The number of benzene rings is 1. The van der Waals surface area contributed by atoms with Gasteiger partial charge in [0.1, 0.15) is 0 Å². The van der Waals surface area contributed by atoms with Crippen LogP contribution in [0, 0.1) is 15.4 Å². The van der Waals surface area contributed by atoms with E-state index in [-0.39, 0.29) is 23.7 Å². The molecule has 3 rings (SSSR count). The Bertz CT molecular complexity index is 536. The molecule has 1 aromatic rings. The van der Waals surface area contributed by atoms with Crippen LogP contribution in [-0.4, -0.2) is 11.8 Å². The van der Waals surface area contributed by atoms with Crippen LogP contribution < -0.4 is 4.90 Å². The van der Waals surface area contributed by atoms with E-state index in [0.717, 1.165) is 33.7 Å². The first-order valence-electron chi connectivity index (χ1n) is 6.42. The molecule has 1 saturated carbocycles. The second-order valence-corrected chi connectivity index (χ2v) is 7.12. The Balaban J connectivity index is 1.98. The van der Waals surface area contributed by atoms with Gasteiger partial charge in [0.15, 0.2) is 0 Å². The van der Waals surface area contributed by atoms with Gasteiger partial charge in [0.2, 0.25) is 11.8 Å². The highest BCUT2D eigenvalue weighted by molar-refractivity contribution is 14.1. The zero-order valence-corrected chi connectivity index (χ0v) is 14.0. The topological polar surface area (TPSA) is 37.4 Å². The summed E-state index contributed by atoms with van der Waals surface area (Å²) in [4.78, 5) is 26.3. The Hall–Kier alpha value is -0.430. The first kappa shape index (κ1) is 13.5. The van der Waals surface area contributed by atoms with Gasteiger partial charge >= 0.3 is 0 Å². The van der Waals surface area contributed by atoms with Gasteiger partial charge in [-0.3, -0.25) is 14.5 Å². The van der Waals surface area contributed by atoms with Crippen molar-refractivity contribution in [1.29, 1.82) is 0 Å². The van der Waals surface area contributed by atoms with E-state index in [1.807, 2.05) is 18.2 Å². The van der Waals surface area contributed by atoms with E-state index in [9.17, 15) is 9.59 Å². The molecule has 1 aliphatic carbocycles. The summed E-state index contributed by atoms with van der Waals surface area (Å²) in [7, 11) is 0. The van der Waals surface area contributed by atoms with Gasteiger partial charge in [0.05, 0.1) is 17.5 Å². The van der Waals surface area contributed by atoms with Gasteiger partial charge in [-0.25, -0.2) is 0 Å². The average Bonchev–Trinajstić information content (AvgIpc) is 2.66. The van der Waals surface area contributed by atoms with Crippen molar-refractivity contribution in [3.8, 4) is 0 Å². The van der Waals surface area contributed by atoms with Gasteiger partial charge in [-0.05, 0) is 69.6 Å². The molecular weight excluding hydrogens is 421 g/mol. The van der Waals surface area contributed by atoms with Crippen LogP contribution in [0.15, 0.2) is 22.7 Å². The second kappa shape index (κ2) is 5.16. The van der Waals surface area contributed by atoms with Crippen molar-refractivity contribution < 1.29 is 9.59 Å². The van der Waals surface area contributed by atoms with Crippen molar-refractivity contribution in [2.24, 2.45) is 11.8 Å². The zero-order chi connectivity index (χ0) is 13.6. The van der Waals surface area contributed by atoms with Crippen LogP contribution in [0.3, 0.4) is 0 Å². The number of fused-ring (bicyclic) bond motifs is 1. The molecule has 2 aliphatic rings. The molecule has 0 aromatic heterocycles. The summed E-state index contributed by atoms with van der Waals surface area (Å²) in [5.74, 6) is -0.175. The van der Waals surface area contributed by atoms with Gasteiger partial charge in [-0.2, -0.15) is 0 Å². The molecule has 0 radical (unpaired) electrons. The summed E-state index contributed by atoms with van der Waals surface area (Å²) in [6.45, 7) is 0. The predicted octanol–water partition coefficient (Wildman–Crippen LogP) is 3.73. The summed E-state index contributed by atoms with van der Waals surface area (Å²) in [5, 5.41) is 0. The van der Waals surface area contributed by atoms with E-state index in [2.05, 4.69) is 38.5 Å². The molecule has 1 aliphatic heterocycles. The third kappa shape index (κ3) is 2.24. The fraction of sp³-hybridized carbons (Fsp3) is 0.429. The number of anilines is 1. The Morgan fingerprint density at radius 3 is 2.21 bits per heavy atom. The largest absolute Gasteiger partial charge is 0.274 e. The molecule has 0 spiro atoms. The number of halogens is 2. The van der Waals surface area contributed by atoms with E-state index in [4.69, 9.17) is 0 Å². The molecule has 2 amide bonds. The van der Waals surface area contributed by atoms with Crippen molar-refractivity contribution in [2.75, 3.05) is 4.90 Å². The molecule has 2 unspecified atom stereocenters. The Morgan fingerprint density at radius 1 is 1.11 bits per heavy atom. The van der Waals surface area contributed by atoms with Crippen LogP contribution in [0.25, 0.3) is 0 Å². The quantitative estimate of drug-likeness (QED) is 0.499. The number of carbonyl (C=O) groups is 2. The molecule has 3 nitrogen and oxygen atoms in total. The van der Waals surface area contributed by atoms with Gasteiger partial charge in [0, 0.05) is 8.04 Å². The smallest absolute Gasteiger partial charge is 0.237 e. The molecule has 0 N–H and O–H groups in total. The highest BCUT2D eigenvalue weighted by Crippen LogP contribution is 2.40. The molecule has 100 valence electrons. The van der Waals surface area contributed by atoms with E-state index in [1.54, 1.807) is 0 Å². The number of hydrogen-bond acceptors (Lipinski definition) is 2. The van der Waals surface area contributed by atoms with Gasteiger partial charge in [-0.1, -0.05) is 12.8 Å². The lowest BCUT2D eigenvalue weighted by Gasteiger charge is -2.19. The molecule has 5 heteroatoms. The highest BCUT2D eigenvalue weighted by Gasteiger charge is 2.48. The van der Waals surface area contributed by atoms with Crippen molar-refractivity contribution in [1.82, 2.24) is 0 Å². The maximum absolute atomic E-state index is 12.4. The lowest BCUT2D eigenvalue weighted by molar-refractivity contribution is -0.122. The Morgan fingerprint density at radius 2 is 1.68 bits per heavy atom. The molecule has 19 heavy (non-hydrogen) atoms. The lowest BCUT2D eigenvalue weighted by Crippen LogP contribution is -2.30. The van der Waals surface area contributed by atoms with Crippen LogP contribution in [0.2, 0.25) is 0 Å². The molecule has 2 atom stereocenters. The molecule has 0 bridgehead atoms. The molecule has 2 fully saturated rings. The van der Waals surface area contributed by atoms with E-state index in [0.29, 0.717) is 5.69 Å². The van der Waals surface area contributed by atoms with Crippen LogP contribution in [0.5, 0.6) is 0 Å². The Labute approximate surface area is 134 Å². The minimum Gasteiger partial charge on any atom is -0.274 e. The standard InChI is InChI=1S/C14H13BrINO2/c15-11-6-5-8(7-12(11)16)17-13(18)9-3-1-2-4-10(9)14(17)19/h5-7,9-10H,1-4H2. The van der Waals surface area contributed by atoms with Crippen molar-refractivity contribution >= 4 is 56.0 Å². The van der Waals surface area contributed by atoms with Crippen molar-refractivity contribution in [3.63, 3.8) is 0 Å². The van der Waals surface area contributed by atoms with E-state index < -0.39 is 0 Å². The fourth-order valence-corrected chi connectivity index (χ4v) is 3.79. The molecule has 1 saturated heterocycles. The molecular formula is C14H13BrINO2. The third-order valence-corrected chi connectivity index (χ3v) is 6.33. The number of hydrogen-bond donors (Lipinski definition) is 0. The summed E-state index contributed by atoms with van der Waals surface area (Å²) >= 11 is 5.63. The first-order valence-corrected chi connectivity index (χ1v) is 8.29. The number of imide groups is 1. The van der Waals surface area contributed by atoms with E-state index >= 15 is 0 Å². The number of nitrogens with zero attached hydrogens (tertiary/aromatic N) is 1. The zero-order valence-electron chi connectivity index (χ0n) is 10.2. The summed E-state index contributed by atoms with van der Waals surface area (Å²) < 4.78 is 1.99. The SMILES string of the molecule is O=C1C2CCCCC2C(=O)N1c1ccc(Br)c(I)c1. The van der Waals surface area contributed by atoms with Gasteiger partial charge in [-0.15, -0.1) is 0 Å². The first-order chi connectivity index (χ1) is 9.09. The summed E-state index contributed by atoms with van der Waals surface area (Å²) in [6.07, 6.45) is 3.84. The van der Waals surface area contributed by atoms with Crippen molar-refractivity contribution in [3.05, 3.63) is 26.2 Å². The minimum atomic E-state index is -0.0810. The normalized spacial score (nSPS) is 26.7. The number of rotatable bonds is 1. The highest BCUT2D eigenvalue weighted by atomic mass is 127. The third-order valence-electron chi connectivity index (χ3n) is 4.00. The minimum absolute atomic E-state index is 0.00665. The monoisotopic (exact) mass is 433 g/mol. The molecule has 1 aromatic carbocycles. The van der Waals surface area contributed by atoms with Gasteiger partial charge in [0.25, 0.3) is 0 Å². The van der Waals surface area contributed by atoms with Crippen LogP contribution in [0.1, 0.15) is 25.7 Å². The van der Waals surface area contributed by atoms with Crippen LogP contribution in [-0.2, 0) is 9.59 Å². The lowest BCUT2D eigenvalue weighted by atomic mass is 9.81. The number of carbonyl (C=O) groups excluding carboxylic acids is 2. The van der Waals surface area contributed by atoms with Crippen LogP contribution in [0.4, 0.5) is 5.69 Å². The summed E-state index contributed by atoms with van der Waals surface area (Å²) in [5.41, 5.74) is 0.706. The fourth-order valence-electron chi connectivity index (χ4n) is 3.04. The van der Waals surface area contributed by atoms with E-state index in [1.165, 1.54) is 4.90 Å². The van der Waals surface area contributed by atoms with Crippen molar-refractivity contribution in [2.45, 2.75) is 25.7 Å². The van der Waals surface area contributed by atoms with Gasteiger partial charge < -0.3 is 0 Å². The maximum atomic E-state index is 12.4. The average molecular weight is 434 g/mol. The Kier molecular flexibility index (Phi) is 3.68. The molecule has 1 heterocycles.